The second kappa shape index (κ2) is 19.6. The Balaban J connectivity index is 3.10. The minimum atomic E-state index is -1.32. The molecule has 1 atom stereocenters. The summed E-state index contributed by atoms with van der Waals surface area (Å²) in [6, 6.07) is 5.49. The van der Waals surface area contributed by atoms with Gasteiger partial charge in [-0.15, -0.1) is 0 Å². The van der Waals surface area contributed by atoms with E-state index in [-0.39, 0.29) is 39.0 Å². The van der Waals surface area contributed by atoms with E-state index in [0.717, 1.165) is 9.80 Å². The fourth-order valence-corrected chi connectivity index (χ4v) is 4.39. The fraction of sp³-hybridized carbons (Fsp3) is 0.552. The van der Waals surface area contributed by atoms with E-state index in [0.29, 0.717) is 11.3 Å². The molecule has 1 rings (SSSR count). The molecule has 0 radical (unpaired) electrons. The van der Waals surface area contributed by atoms with Crippen LogP contribution in [0.1, 0.15) is 32.8 Å². The van der Waals surface area contributed by atoms with Crippen molar-refractivity contribution in [1.29, 1.82) is 0 Å². The van der Waals surface area contributed by atoms with Crippen LogP contribution in [0.5, 0.6) is 0 Å². The smallest absolute Gasteiger partial charge is 0.407 e. The van der Waals surface area contributed by atoms with E-state index in [1.54, 1.807) is 45.0 Å². The molecular formula is C29H43N5O13. The number of alkyl carbamates (subject to hydrolysis) is 1. The van der Waals surface area contributed by atoms with E-state index in [1.807, 2.05) is 0 Å². The predicted molar refractivity (Wildman–Crippen MR) is 164 cm³/mol. The van der Waals surface area contributed by atoms with Crippen molar-refractivity contribution >= 4 is 47.5 Å². The molecule has 262 valence electrons. The van der Waals surface area contributed by atoms with Crippen LogP contribution in [-0.2, 0) is 39.9 Å². The van der Waals surface area contributed by atoms with Crippen LogP contribution in [0.3, 0.4) is 0 Å². The van der Waals surface area contributed by atoms with Crippen LogP contribution in [0.2, 0.25) is 0 Å². The molecule has 7 N–H and O–H groups in total. The summed E-state index contributed by atoms with van der Waals surface area (Å²) in [7, 11) is 0. The molecule has 47 heavy (non-hydrogen) atoms. The van der Waals surface area contributed by atoms with E-state index < -0.39 is 86.2 Å². The molecule has 0 saturated carbocycles. The third kappa shape index (κ3) is 19.3. The summed E-state index contributed by atoms with van der Waals surface area (Å²) in [5.41, 5.74) is 0.310. The van der Waals surface area contributed by atoms with E-state index >= 15 is 0 Å². The van der Waals surface area contributed by atoms with Gasteiger partial charge in [0.05, 0.1) is 32.7 Å². The highest BCUT2D eigenvalue weighted by Crippen LogP contribution is 2.16. The van der Waals surface area contributed by atoms with Gasteiger partial charge in [0.2, 0.25) is 5.91 Å². The number of anilines is 1. The number of rotatable bonds is 22. The number of amides is 2. The van der Waals surface area contributed by atoms with Gasteiger partial charge in [-0.1, -0.05) is 12.1 Å². The van der Waals surface area contributed by atoms with Gasteiger partial charge in [-0.2, -0.15) is 0 Å². The first-order chi connectivity index (χ1) is 21.8. The van der Waals surface area contributed by atoms with Gasteiger partial charge in [0.15, 0.2) is 0 Å². The van der Waals surface area contributed by atoms with Crippen molar-refractivity contribution in [2.45, 2.75) is 45.3 Å². The number of hydrogen-bond acceptors (Lipinski definition) is 11. The molecule has 0 unspecified atom stereocenters. The van der Waals surface area contributed by atoms with Crippen molar-refractivity contribution in [1.82, 2.24) is 20.0 Å². The zero-order valence-electron chi connectivity index (χ0n) is 26.5. The molecule has 18 nitrogen and oxygen atoms in total. The highest BCUT2D eigenvalue weighted by Gasteiger charge is 2.27. The zero-order valence-corrected chi connectivity index (χ0v) is 26.5. The Kier molecular flexibility index (Phi) is 16.8. The second-order valence-corrected chi connectivity index (χ2v) is 11.6. The Morgan fingerprint density at radius 2 is 1.19 bits per heavy atom. The quantitative estimate of drug-likeness (QED) is 0.0841. The molecule has 0 spiro atoms. The van der Waals surface area contributed by atoms with Gasteiger partial charge in [-0.05, 0) is 44.9 Å². The summed E-state index contributed by atoms with van der Waals surface area (Å²) in [6.45, 7) is 1.51. The van der Waals surface area contributed by atoms with Crippen molar-refractivity contribution in [2.75, 3.05) is 64.2 Å². The maximum atomic E-state index is 12.3. The number of hydrogen-bond donors (Lipinski definition) is 7. The molecular weight excluding hydrogens is 626 g/mol. The minimum absolute atomic E-state index is 0.0285. The van der Waals surface area contributed by atoms with E-state index in [2.05, 4.69) is 10.6 Å². The SMILES string of the molecule is CC(C)(C)OC(=O)NCCC(=O)Nc1ccc(C[C@H](CN(CCN(CC(=O)O)CC(=O)O)CC(=O)O)N(CC(=O)O)CC(=O)O)cc1. The standard InChI is InChI=1S/C29H43N5O13/c1-29(2,3)47-28(46)30-9-8-22(35)31-20-6-4-19(5-7-20)12-21(34(17-26(42)43)18-27(44)45)13-32(14-23(36)37)10-11-33(15-24(38)39)16-25(40)41/h4-7,21H,8-18H2,1-3H3,(H,30,46)(H,31,35)(H,36,37)(H,38,39)(H,40,41)(H,42,43)(H,44,45)/t21-/m1/s1. The first-order valence-electron chi connectivity index (χ1n) is 14.5. The van der Waals surface area contributed by atoms with Crippen molar-refractivity contribution in [3.8, 4) is 0 Å². The Morgan fingerprint density at radius 1 is 0.723 bits per heavy atom. The maximum absolute atomic E-state index is 12.3. The number of aliphatic carboxylic acids is 5. The molecule has 18 heteroatoms. The van der Waals surface area contributed by atoms with Gasteiger partial charge in [-0.25, -0.2) is 4.79 Å². The van der Waals surface area contributed by atoms with E-state index in [4.69, 9.17) is 14.9 Å². The van der Waals surface area contributed by atoms with E-state index in [1.165, 1.54) is 4.90 Å². The third-order valence-corrected chi connectivity index (χ3v) is 6.20. The van der Waals surface area contributed by atoms with Gasteiger partial charge in [-0.3, -0.25) is 43.5 Å². The molecule has 1 aromatic carbocycles. The molecule has 0 heterocycles. The zero-order chi connectivity index (χ0) is 35.7. The summed E-state index contributed by atoms with van der Waals surface area (Å²) in [6.07, 6.45) is -0.652. The van der Waals surface area contributed by atoms with Crippen molar-refractivity contribution in [3.63, 3.8) is 0 Å². The summed E-state index contributed by atoms with van der Waals surface area (Å²) in [5, 5.41) is 51.8. The normalized spacial score (nSPS) is 12.0. The molecule has 0 aliphatic heterocycles. The highest BCUT2D eigenvalue weighted by molar-refractivity contribution is 5.91. The lowest BCUT2D eigenvalue weighted by atomic mass is 10.0. The lowest BCUT2D eigenvalue weighted by Crippen LogP contribution is -2.51. The van der Waals surface area contributed by atoms with Gasteiger partial charge in [0.1, 0.15) is 5.60 Å². The monoisotopic (exact) mass is 669 g/mol. The minimum Gasteiger partial charge on any atom is -0.480 e. The molecule has 0 aromatic heterocycles. The van der Waals surface area contributed by atoms with Gasteiger partial charge < -0.3 is 40.9 Å². The number of carboxylic acid groups (broad SMARTS) is 5. The predicted octanol–water partition coefficient (Wildman–Crippen LogP) is -0.220. The molecule has 2 amide bonds. The molecule has 0 bridgehead atoms. The number of benzene rings is 1. The Morgan fingerprint density at radius 3 is 1.66 bits per heavy atom. The summed E-state index contributed by atoms with van der Waals surface area (Å²) >= 11 is 0. The van der Waals surface area contributed by atoms with Crippen LogP contribution in [-0.4, -0.2) is 153 Å². The summed E-state index contributed by atoms with van der Waals surface area (Å²) in [5.74, 6) is -6.90. The van der Waals surface area contributed by atoms with Gasteiger partial charge in [0.25, 0.3) is 0 Å². The number of carbonyl (C=O) groups excluding carboxylic acids is 2. The van der Waals surface area contributed by atoms with Crippen molar-refractivity contribution in [3.05, 3.63) is 29.8 Å². The molecule has 0 fully saturated rings. The first kappa shape index (κ1) is 40.2. The number of carbonyl (C=O) groups is 7. The van der Waals surface area contributed by atoms with E-state index in [9.17, 15) is 48.9 Å². The lowest BCUT2D eigenvalue weighted by Gasteiger charge is -2.34. The largest absolute Gasteiger partial charge is 0.480 e. The highest BCUT2D eigenvalue weighted by atomic mass is 16.6. The fourth-order valence-electron chi connectivity index (χ4n) is 4.39. The van der Waals surface area contributed by atoms with Crippen LogP contribution >= 0.6 is 0 Å². The topological polar surface area (TPSA) is 264 Å². The lowest BCUT2D eigenvalue weighted by molar-refractivity contribution is -0.144. The number of carboxylic acids is 5. The maximum Gasteiger partial charge on any atom is 0.407 e. The van der Waals surface area contributed by atoms with Gasteiger partial charge >= 0.3 is 35.9 Å². The van der Waals surface area contributed by atoms with Crippen molar-refractivity contribution < 1.29 is 63.8 Å². The molecule has 0 aliphatic carbocycles. The summed E-state index contributed by atoms with van der Waals surface area (Å²) < 4.78 is 5.11. The Bertz CT molecular complexity index is 1220. The summed E-state index contributed by atoms with van der Waals surface area (Å²) in [4.78, 5) is 84.9. The molecule has 0 aliphatic rings. The van der Waals surface area contributed by atoms with Crippen LogP contribution in [0.15, 0.2) is 24.3 Å². The average molecular weight is 670 g/mol. The number of nitrogens with one attached hydrogen (secondary N) is 2. The number of ether oxygens (including phenoxy) is 1. The molecule has 1 aromatic rings. The average Bonchev–Trinajstić information content (AvgIpc) is 2.89. The van der Waals surface area contributed by atoms with Crippen LogP contribution < -0.4 is 10.6 Å². The first-order valence-corrected chi connectivity index (χ1v) is 14.5. The number of nitrogens with zero attached hydrogens (tertiary/aromatic N) is 3. The second-order valence-electron chi connectivity index (χ2n) is 11.6. The van der Waals surface area contributed by atoms with Gasteiger partial charge in [0, 0.05) is 44.3 Å². The third-order valence-electron chi connectivity index (χ3n) is 6.20. The Hall–Kier alpha value is -4.81. The van der Waals surface area contributed by atoms with Crippen LogP contribution in [0, 0.1) is 0 Å². The van der Waals surface area contributed by atoms with Crippen LogP contribution in [0.25, 0.3) is 0 Å². The molecule has 0 saturated heterocycles. The van der Waals surface area contributed by atoms with Crippen LogP contribution in [0.4, 0.5) is 10.5 Å². The van der Waals surface area contributed by atoms with Crippen molar-refractivity contribution in [2.24, 2.45) is 0 Å². The Labute approximate surface area is 270 Å².